The molecule has 0 aliphatic carbocycles. The van der Waals surface area contributed by atoms with Gasteiger partial charge in [0.05, 0.1) is 5.92 Å². The molecule has 2 unspecified atom stereocenters. The molecule has 0 radical (unpaired) electrons. The SMILES string of the molecule is O=C1OC(Cl)(C(=O)O)CC1c1ccccc1. The molecular formula is C11H9ClO4. The van der Waals surface area contributed by atoms with E-state index in [1.165, 1.54) is 0 Å². The van der Waals surface area contributed by atoms with Crippen molar-refractivity contribution in [3.8, 4) is 0 Å². The second-order valence-electron chi connectivity index (χ2n) is 3.62. The van der Waals surface area contributed by atoms with Gasteiger partial charge in [0.1, 0.15) is 0 Å². The van der Waals surface area contributed by atoms with Crippen LogP contribution >= 0.6 is 11.6 Å². The van der Waals surface area contributed by atoms with Gasteiger partial charge < -0.3 is 9.84 Å². The van der Waals surface area contributed by atoms with Gasteiger partial charge in [-0.2, -0.15) is 0 Å². The van der Waals surface area contributed by atoms with Crippen molar-refractivity contribution < 1.29 is 19.4 Å². The molecule has 1 aliphatic heterocycles. The lowest BCUT2D eigenvalue weighted by molar-refractivity contribution is -0.161. The molecule has 5 heteroatoms. The lowest BCUT2D eigenvalue weighted by atomic mass is 9.96. The van der Waals surface area contributed by atoms with Crippen molar-refractivity contribution in [2.24, 2.45) is 0 Å². The van der Waals surface area contributed by atoms with E-state index < -0.39 is 22.9 Å². The Kier molecular flexibility index (Phi) is 2.59. The fourth-order valence-corrected chi connectivity index (χ4v) is 1.92. The van der Waals surface area contributed by atoms with Gasteiger partial charge in [-0.25, -0.2) is 4.79 Å². The average Bonchev–Trinajstić information content (AvgIpc) is 2.57. The molecule has 1 aromatic rings. The number of hydrogen-bond acceptors (Lipinski definition) is 3. The highest BCUT2D eigenvalue weighted by Crippen LogP contribution is 2.40. The standard InChI is InChI=1S/C11H9ClO4/c12-11(10(14)15)6-8(9(13)16-11)7-4-2-1-3-5-7/h1-5,8H,6H2,(H,14,15). The molecule has 2 atom stereocenters. The number of carbonyl (C=O) groups excluding carboxylic acids is 1. The summed E-state index contributed by atoms with van der Waals surface area (Å²) in [5.74, 6) is -2.53. The molecule has 1 saturated heterocycles. The zero-order valence-electron chi connectivity index (χ0n) is 8.22. The van der Waals surface area contributed by atoms with Gasteiger partial charge in [0.2, 0.25) is 0 Å². The Morgan fingerprint density at radius 3 is 2.56 bits per heavy atom. The van der Waals surface area contributed by atoms with Crippen molar-refractivity contribution in [2.75, 3.05) is 0 Å². The normalized spacial score (nSPS) is 28.8. The van der Waals surface area contributed by atoms with Gasteiger partial charge in [-0.05, 0) is 5.56 Å². The third kappa shape index (κ3) is 1.76. The zero-order valence-corrected chi connectivity index (χ0v) is 8.98. The Hall–Kier alpha value is -1.55. The number of hydrogen-bond donors (Lipinski definition) is 1. The van der Waals surface area contributed by atoms with E-state index >= 15 is 0 Å². The fraction of sp³-hybridized carbons (Fsp3) is 0.273. The van der Waals surface area contributed by atoms with Crippen LogP contribution in [0.2, 0.25) is 0 Å². The van der Waals surface area contributed by atoms with E-state index in [0.717, 1.165) is 5.56 Å². The number of carboxylic acids is 1. The minimum Gasteiger partial charge on any atom is -0.477 e. The molecule has 1 aliphatic rings. The summed E-state index contributed by atoms with van der Waals surface area (Å²) in [6, 6.07) is 8.86. The number of esters is 1. The molecule has 1 aromatic carbocycles. The van der Waals surface area contributed by atoms with E-state index in [1.54, 1.807) is 24.3 Å². The summed E-state index contributed by atoms with van der Waals surface area (Å²) in [4.78, 5) is 22.4. The number of cyclic esters (lactones) is 1. The Labute approximate surface area is 96.8 Å². The first kappa shape index (κ1) is 11.0. The van der Waals surface area contributed by atoms with E-state index in [0.29, 0.717) is 0 Å². The summed E-state index contributed by atoms with van der Waals surface area (Å²) in [5, 5.41) is 6.93. The highest BCUT2D eigenvalue weighted by atomic mass is 35.5. The molecule has 1 fully saturated rings. The average molecular weight is 241 g/mol. The molecule has 0 aromatic heterocycles. The van der Waals surface area contributed by atoms with Crippen LogP contribution in [-0.4, -0.2) is 22.1 Å². The summed E-state index contributed by atoms with van der Waals surface area (Å²) in [7, 11) is 0. The molecule has 16 heavy (non-hydrogen) atoms. The van der Waals surface area contributed by atoms with Crippen LogP contribution in [-0.2, 0) is 14.3 Å². The van der Waals surface area contributed by atoms with E-state index in [1.807, 2.05) is 6.07 Å². The highest BCUT2D eigenvalue weighted by Gasteiger charge is 2.51. The van der Waals surface area contributed by atoms with E-state index in [-0.39, 0.29) is 6.42 Å². The summed E-state index contributed by atoms with van der Waals surface area (Å²) >= 11 is 5.70. The molecular weight excluding hydrogens is 232 g/mol. The summed E-state index contributed by atoms with van der Waals surface area (Å²) < 4.78 is 4.70. The van der Waals surface area contributed by atoms with Crippen molar-refractivity contribution >= 4 is 23.5 Å². The maximum Gasteiger partial charge on any atom is 0.364 e. The topological polar surface area (TPSA) is 63.6 Å². The molecule has 84 valence electrons. The van der Waals surface area contributed by atoms with Crippen LogP contribution in [0.15, 0.2) is 30.3 Å². The number of rotatable bonds is 2. The number of aliphatic carboxylic acids is 1. The third-order valence-electron chi connectivity index (χ3n) is 2.53. The summed E-state index contributed by atoms with van der Waals surface area (Å²) in [6.45, 7) is 0. The van der Waals surface area contributed by atoms with Crippen LogP contribution in [0.3, 0.4) is 0 Å². The molecule has 0 spiro atoms. The second kappa shape index (κ2) is 3.79. The lowest BCUT2D eigenvalue weighted by Gasteiger charge is -2.12. The smallest absolute Gasteiger partial charge is 0.364 e. The number of ether oxygens (including phenoxy) is 1. The quantitative estimate of drug-likeness (QED) is 0.632. The first-order valence-corrected chi connectivity index (χ1v) is 5.11. The predicted octanol–water partition coefficient (Wildman–Crippen LogP) is 1.74. The van der Waals surface area contributed by atoms with Crippen molar-refractivity contribution in [1.29, 1.82) is 0 Å². The maximum absolute atomic E-state index is 11.5. The number of halogens is 1. The van der Waals surface area contributed by atoms with Gasteiger partial charge >= 0.3 is 11.9 Å². The molecule has 0 amide bonds. The van der Waals surface area contributed by atoms with E-state index in [4.69, 9.17) is 21.4 Å². The highest BCUT2D eigenvalue weighted by molar-refractivity contribution is 6.34. The van der Waals surface area contributed by atoms with Crippen LogP contribution in [0, 0.1) is 0 Å². The first-order valence-electron chi connectivity index (χ1n) is 4.73. The maximum atomic E-state index is 11.5. The number of benzene rings is 1. The van der Waals surface area contributed by atoms with Crippen LogP contribution < -0.4 is 0 Å². The van der Waals surface area contributed by atoms with Crippen molar-refractivity contribution in [2.45, 2.75) is 17.4 Å². The zero-order chi connectivity index (χ0) is 11.8. The first-order chi connectivity index (χ1) is 7.53. The van der Waals surface area contributed by atoms with Gasteiger partial charge in [-0.1, -0.05) is 41.9 Å². The van der Waals surface area contributed by atoms with Crippen molar-refractivity contribution in [3.63, 3.8) is 0 Å². The Balaban J connectivity index is 2.27. The largest absolute Gasteiger partial charge is 0.477 e. The summed E-state index contributed by atoms with van der Waals surface area (Å²) in [5.41, 5.74) is 0.719. The molecule has 0 saturated carbocycles. The molecule has 1 heterocycles. The van der Waals surface area contributed by atoms with E-state index in [2.05, 4.69) is 0 Å². The lowest BCUT2D eigenvalue weighted by Crippen LogP contribution is -2.31. The van der Waals surface area contributed by atoms with Gasteiger partial charge in [0.25, 0.3) is 5.06 Å². The molecule has 2 rings (SSSR count). The molecule has 4 nitrogen and oxygen atoms in total. The Morgan fingerprint density at radius 2 is 2.06 bits per heavy atom. The number of carboxylic acid groups (broad SMARTS) is 1. The van der Waals surface area contributed by atoms with Crippen LogP contribution in [0.25, 0.3) is 0 Å². The van der Waals surface area contributed by atoms with E-state index in [9.17, 15) is 9.59 Å². The van der Waals surface area contributed by atoms with Crippen molar-refractivity contribution in [3.05, 3.63) is 35.9 Å². The summed E-state index contributed by atoms with van der Waals surface area (Å²) in [6.07, 6.45) is -0.0489. The van der Waals surface area contributed by atoms with Crippen LogP contribution in [0.4, 0.5) is 0 Å². The Morgan fingerprint density at radius 1 is 1.44 bits per heavy atom. The molecule has 0 bridgehead atoms. The number of alkyl halides is 1. The molecule has 1 N–H and O–H groups in total. The fourth-order valence-electron chi connectivity index (χ4n) is 1.69. The van der Waals surface area contributed by atoms with Gasteiger partial charge in [0.15, 0.2) is 0 Å². The number of carbonyl (C=O) groups is 2. The van der Waals surface area contributed by atoms with Crippen molar-refractivity contribution in [1.82, 2.24) is 0 Å². The predicted molar refractivity (Wildman–Crippen MR) is 56.1 cm³/mol. The van der Waals surface area contributed by atoms with Gasteiger partial charge in [0, 0.05) is 6.42 Å². The third-order valence-corrected chi connectivity index (χ3v) is 2.93. The Bertz CT molecular complexity index is 431. The van der Waals surface area contributed by atoms with Crippen LogP contribution in [0.1, 0.15) is 17.9 Å². The minimum atomic E-state index is -1.92. The minimum absolute atomic E-state index is 0.0489. The van der Waals surface area contributed by atoms with Crippen LogP contribution in [0.5, 0.6) is 0 Å². The van der Waals surface area contributed by atoms with Gasteiger partial charge in [-0.3, -0.25) is 4.79 Å². The second-order valence-corrected chi connectivity index (χ2v) is 4.23. The van der Waals surface area contributed by atoms with Gasteiger partial charge in [-0.15, -0.1) is 0 Å². The monoisotopic (exact) mass is 240 g/mol.